The Labute approximate surface area is 134 Å². The number of carbonyl (C=O) groups excluding carboxylic acids is 2. The molecule has 1 atom stereocenters. The van der Waals surface area contributed by atoms with Crippen LogP contribution in [0.15, 0.2) is 30.3 Å². The minimum absolute atomic E-state index is 0.108. The number of aromatic nitrogens is 2. The molecular weight excluding hydrogens is 292 g/mol. The largest absolute Gasteiger partial charge is 0.354 e. The highest BCUT2D eigenvalue weighted by atomic mass is 16.2. The zero-order chi connectivity index (χ0) is 16.4. The molecule has 6 nitrogen and oxygen atoms in total. The van der Waals surface area contributed by atoms with E-state index in [4.69, 9.17) is 0 Å². The lowest BCUT2D eigenvalue weighted by Gasteiger charge is -2.22. The summed E-state index contributed by atoms with van der Waals surface area (Å²) in [7, 11) is 0. The fourth-order valence-corrected chi connectivity index (χ4v) is 2.80. The minimum Gasteiger partial charge on any atom is -0.354 e. The molecule has 0 saturated carbocycles. The number of amides is 2. The van der Waals surface area contributed by atoms with Gasteiger partial charge in [-0.25, -0.2) is 4.68 Å². The molecule has 1 aromatic heterocycles. The van der Waals surface area contributed by atoms with E-state index in [9.17, 15) is 9.59 Å². The number of rotatable bonds is 3. The third-order valence-corrected chi connectivity index (χ3v) is 3.97. The number of hydrogen-bond acceptors (Lipinski definition) is 3. The third kappa shape index (κ3) is 3.26. The Morgan fingerprint density at radius 2 is 2.04 bits per heavy atom. The SMILES string of the molecule is Cc1cc(C)n(-c2ccc(C(=O)NC3CCCNC3=O)cc2)n1. The number of nitrogens with zero attached hydrogens (tertiary/aromatic N) is 2. The van der Waals surface area contributed by atoms with E-state index in [0.29, 0.717) is 18.5 Å². The first-order chi connectivity index (χ1) is 11.0. The molecule has 1 fully saturated rings. The molecule has 1 aliphatic rings. The van der Waals surface area contributed by atoms with Crippen molar-refractivity contribution in [3.63, 3.8) is 0 Å². The van der Waals surface area contributed by atoms with Gasteiger partial charge in [0.05, 0.1) is 11.4 Å². The summed E-state index contributed by atoms with van der Waals surface area (Å²) in [6.45, 7) is 4.62. The summed E-state index contributed by atoms with van der Waals surface area (Å²) in [5.74, 6) is -0.337. The molecule has 23 heavy (non-hydrogen) atoms. The maximum atomic E-state index is 12.3. The van der Waals surface area contributed by atoms with Gasteiger partial charge in [-0.1, -0.05) is 0 Å². The Bertz CT molecular complexity index is 734. The van der Waals surface area contributed by atoms with Crippen molar-refractivity contribution in [2.75, 3.05) is 6.54 Å². The van der Waals surface area contributed by atoms with Crippen LogP contribution in [0.3, 0.4) is 0 Å². The van der Waals surface area contributed by atoms with Crippen LogP contribution in [0.5, 0.6) is 0 Å². The summed E-state index contributed by atoms with van der Waals surface area (Å²) in [5, 5.41) is 9.97. The molecule has 120 valence electrons. The van der Waals surface area contributed by atoms with E-state index in [1.54, 1.807) is 12.1 Å². The Balaban J connectivity index is 1.72. The lowest BCUT2D eigenvalue weighted by atomic mass is 10.1. The van der Waals surface area contributed by atoms with Crippen molar-refractivity contribution in [2.45, 2.75) is 32.7 Å². The summed E-state index contributed by atoms with van der Waals surface area (Å²) >= 11 is 0. The number of piperidine rings is 1. The van der Waals surface area contributed by atoms with Crippen molar-refractivity contribution in [3.05, 3.63) is 47.3 Å². The maximum Gasteiger partial charge on any atom is 0.251 e. The first-order valence-corrected chi connectivity index (χ1v) is 7.77. The first-order valence-electron chi connectivity index (χ1n) is 7.77. The van der Waals surface area contributed by atoms with Gasteiger partial charge in [-0.3, -0.25) is 9.59 Å². The van der Waals surface area contributed by atoms with Crippen LogP contribution in [-0.2, 0) is 4.79 Å². The van der Waals surface area contributed by atoms with E-state index in [2.05, 4.69) is 15.7 Å². The van der Waals surface area contributed by atoms with Crippen LogP contribution in [0.4, 0.5) is 0 Å². The molecule has 2 N–H and O–H groups in total. The van der Waals surface area contributed by atoms with Crippen molar-refractivity contribution < 1.29 is 9.59 Å². The highest BCUT2D eigenvalue weighted by Crippen LogP contribution is 2.13. The molecule has 0 spiro atoms. The van der Waals surface area contributed by atoms with E-state index in [0.717, 1.165) is 23.5 Å². The molecule has 0 aliphatic carbocycles. The zero-order valence-corrected chi connectivity index (χ0v) is 13.3. The van der Waals surface area contributed by atoms with Crippen LogP contribution in [0.1, 0.15) is 34.6 Å². The molecular formula is C17H20N4O2. The lowest BCUT2D eigenvalue weighted by molar-refractivity contribution is -0.124. The van der Waals surface area contributed by atoms with Gasteiger partial charge in [0, 0.05) is 17.8 Å². The molecule has 0 radical (unpaired) electrons. The molecule has 2 amide bonds. The molecule has 1 unspecified atom stereocenters. The molecule has 2 heterocycles. The summed E-state index contributed by atoms with van der Waals surface area (Å²) in [4.78, 5) is 24.0. The van der Waals surface area contributed by atoms with Crippen molar-refractivity contribution in [2.24, 2.45) is 0 Å². The Morgan fingerprint density at radius 3 is 2.65 bits per heavy atom. The zero-order valence-electron chi connectivity index (χ0n) is 13.3. The molecule has 1 aliphatic heterocycles. The normalized spacial score (nSPS) is 17.7. The van der Waals surface area contributed by atoms with E-state index < -0.39 is 6.04 Å². The van der Waals surface area contributed by atoms with Crippen LogP contribution >= 0.6 is 0 Å². The predicted octanol–water partition coefficient (Wildman–Crippen LogP) is 1.50. The fraction of sp³-hybridized carbons (Fsp3) is 0.353. The van der Waals surface area contributed by atoms with E-state index >= 15 is 0 Å². The van der Waals surface area contributed by atoms with E-state index in [1.807, 2.05) is 36.7 Å². The van der Waals surface area contributed by atoms with Gasteiger partial charge in [0.15, 0.2) is 0 Å². The highest BCUT2D eigenvalue weighted by molar-refractivity contribution is 5.97. The molecule has 3 rings (SSSR count). The van der Waals surface area contributed by atoms with Gasteiger partial charge in [0.1, 0.15) is 6.04 Å². The van der Waals surface area contributed by atoms with Crippen molar-refractivity contribution >= 4 is 11.8 Å². The number of aryl methyl sites for hydroxylation is 2. The maximum absolute atomic E-state index is 12.3. The van der Waals surface area contributed by atoms with Crippen LogP contribution in [0.25, 0.3) is 5.69 Å². The second-order valence-corrected chi connectivity index (χ2v) is 5.85. The first kappa shape index (κ1) is 15.3. The number of nitrogens with one attached hydrogen (secondary N) is 2. The van der Waals surface area contributed by atoms with E-state index in [-0.39, 0.29) is 11.8 Å². The average Bonchev–Trinajstić information content (AvgIpc) is 2.88. The molecule has 0 bridgehead atoms. The van der Waals surface area contributed by atoms with Crippen molar-refractivity contribution in [1.29, 1.82) is 0 Å². The van der Waals surface area contributed by atoms with E-state index in [1.165, 1.54) is 0 Å². The third-order valence-electron chi connectivity index (χ3n) is 3.97. The summed E-state index contributed by atoms with van der Waals surface area (Å²) in [6, 6.07) is 8.78. The molecule has 6 heteroatoms. The van der Waals surface area contributed by atoms with Gasteiger partial charge >= 0.3 is 0 Å². The van der Waals surface area contributed by atoms with Gasteiger partial charge < -0.3 is 10.6 Å². The van der Waals surface area contributed by atoms with Crippen LogP contribution in [-0.4, -0.2) is 34.2 Å². The standard InChI is InChI=1S/C17H20N4O2/c1-11-10-12(2)21(20-11)14-7-5-13(6-8-14)16(22)19-15-4-3-9-18-17(15)23/h5-8,10,15H,3-4,9H2,1-2H3,(H,18,23)(H,19,22). The van der Waals surface area contributed by atoms with Crippen LogP contribution < -0.4 is 10.6 Å². The van der Waals surface area contributed by atoms with Gasteiger partial charge in [-0.15, -0.1) is 0 Å². The summed E-state index contributed by atoms with van der Waals surface area (Å²) in [5.41, 5.74) is 3.43. The lowest BCUT2D eigenvalue weighted by Crippen LogP contribution is -2.50. The van der Waals surface area contributed by atoms with Crippen molar-refractivity contribution in [1.82, 2.24) is 20.4 Å². The van der Waals surface area contributed by atoms with Gasteiger partial charge in [-0.2, -0.15) is 5.10 Å². The quantitative estimate of drug-likeness (QED) is 0.902. The molecule has 2 aromatic rings. The van der Waals surface area contributed by atoms with Crippen molar-refractivity contribution in [3.8, 4) is 5.69 Å². The number of hydrogen-bond donors (Lipinski definition) is 2. The van der Waals surface area contributed by atoms with Crippen LogP contribution in [0.2, 0.25) is 0 Å². The highest BCUT2D eigenvalue weighted by Gasteiger charge is 2.23. The van der Waals surface area contributed by atoms with Crippen LogP contribution in [0, 0.1) is 13.8 Å². The molecule has 1 saturated heterocycles. The van der Waals surface area contributed by atoms with Gasteiger partial charge in [-0.05, 0) is 57.0 Å². The average molecular weight is 312 g/mol. The topological polar surface area (TPSA) is 76.0 Å². The fourth-order valence-electron chi connectivity index (χ4n) is 2.80. The molecule has 1 aromatic carbocycles. The monoisotopic (exact) mass is 312 g/mol. The van der Waals surface area contributed by atoms with Gasteiger partial charge in [0.25, 0.3) is 5.91 Å². The second-order valence-electron chi connectivity index (χ2n) is 5.85. The van der Waals surface area contributed by atoms with Gasteiger partial charge in [0.2, 0.25) is 5.91 Å². The number of benzene rings is 1. The second kappa shape index (κ2) is 6.24. The summed E-state index contributed by atoms with van der Waals surface area (Å²) < 4.78 is 1.84. The smallest absolute Gasteiger partial charge is 0.251 e. The number of carbonyl (C=O) groups is 2. The Hall–Kier alpha value is -2.63. The Kier molecular flexibility index (Phi) is 4.14. The summed E-state index contributed by atoms with van der Waals surface area (Å²) in [6.07, 6.45) is 1.56. The minimum atomic E-state index is -0.438. The predicted molar refractivity (Wildman–Crippen MR) is 86.5 cm³/mol. The Morgan fingerprint density at radius 1 is 1.30 bits per heavy atom.